The Labute approximate surface area is 113 Å². The van der Waals surface area contributed by atoms with Gasteiger partial charge in [-0.25, -0.2) is 8.42 Å². The number of anilines is 1. The third-order valence-corrected chi connectivity index (χ3v) is 3.62. The average molecular weight is 287 g/mol. The van der Waals surface area contributed by atoms with Crippen LogP contribution in [-0.4, -0.2) is 36.5 Å². The molecule has 1 aromatic heterocycles. The minimum atomic E-state index is -3.16. The Bertz CT molecular complexity index is 534. The fraction of sp³-hybridized carbons (Fsp3) is 0.667. The summed E-state index contributed by atoms with van der Waals surface area (Å²) >= 11 is 0. The molecule has 1 heterocycles. The van der Waals surface area contributed by atoms with Gasteiger partial charge < -0.3 is 5.32 Å². The molecule has 1 rings (SSSR count). The van der Waals surface area contributed by atoms with E-state index in [0.717, 1.165) is 18.4 Å². The van der Waals surface area contributed by atoms with Gasteiger partial charge in [-0.15, -0.1) is 0 Å². The van der Waals surface area contributed by atoms with Crippen LogP contribution in [0.5, 0.6) is 0 Å². The van der Waals surface area contributed by atoms with Crippen molar-refractivity contribution in [2.24, 2.45) is 11.8 Å². The molecule has 0 unspecified atom stereocenters. The lowest BCUT2D eigenvalue weighted by atomic mass is 10.1. The summed E-state index contributed by atoms with van der Waals surface area (Å²) in [6.45, 7) is 5.76. The molecule has 7 heteroatoms. The van der Waals surface area contributed by atoms with Crippen molar-refractivity contribution in [3.63, 3.8) is 0 Å². The second-order valence-electron chi connectivity index (χ2n) is 5.36. The fourth-order valence-electron chi connectivity index (χ4n) is 1.75. The summed E-state index contributed by atoms with van der Waals surface area (Å²) in [7, 11) is -3.16. The molecule has 6 nitrogen and oxygen atoms in total. The van der Waals surface area contributed by atoms with E-state index in [1.54, 1.807) is 13.0 Å². The van der Waals surface area contributed by atoms with E-state index in [0.29, 0.717) is 11.7 Å². The zero-order valence-corrected chi connectivity index (χ0v) is 12.5. The molecule has 108 valence electrons. The highest BCUT2D eigenvalue weighted by atomic mass is 32.2. The zero-order chi connectivity index (χ0) is 14.6. The highest BCUT2D eigenvalue weighted by molar-refractivity contribution is 7.90. The van der Waals surface area contributed by atoms with Crippen LogP contribution >= 0.6 is 0 Å². The number of aromatic amines is 1. The third kappa shape index (κ3) is 5.87. The van der Waals surface area contributed by atoms with Crippen molar-refractivity contribution in [2.75, 3.05) is 17.3 Å². The number of nitrogens with one attached hydrogen (secondary N) is 2. The van der Waals surface area contributed by atoms with Crippen LogP contribution in [-0.2, 0) is 21.1 Å². The summed E-state index contributed by atoms with van der Waals surface area (Å²) in [6.07, 6.45) is 1.97. The maximum atomic E-state index is 11.8. The van der Waals surface area contributed by atoms with Gasteiger partial charge in [-0.1, -0.05) is 20.8 Å². The van der Waals surface area contributed by atoms with Crippen LogP contribution in [0.1, 0.15) is 26.5 Å². The van der Waals surface area contributed by atoms with E-state index in [-0.39, 0.29) is 11.7 Å². The summed E-state index contributed by atoms with van der Waals surface area (Å²) < 4.78 is 22.2. The molecule has 1 amide bonds. The highest BCUT2D eigenvalue weighted by Crippen LogP contribution is 2.11. The van der Waals surface area contributed by atoms with Gasteiger partial charge >= 0.3 is 0 Å². The maximum Gasteiger partial charge on any atom is 0.229 e. The van der Waals surface area contributed by atoms with Crippen molar-refractivity contribution in [1.29, 1.82) is 0 Å². The maximum absolute atomic E-state index is 11.8. The monoisotopic (exact) mass is 287 g/mol. The van der Waals surface area contributed by atoms with Gasteiger partial charge in [-0.3, -0.25) is 9.89 Å². The Morgan fingerprint density at radius 3 is 2.58 bits per heavy atom. The SMILES string of the molecule is CC(C)Cc1cc(NC(=O)[C@@H](C)CS(C)(=O)=O)n[nH]1. The van der Waals surface area contributed by atoms with E-state index in [2.05, 4.69) is 29.4 Å². The Balaban J connectivity index is 2.59. The number of amides is 1. The summed E-state index contributed by atoms with van der Waals surface area (Å²) in [5.74, 6) is -0.176. The normalized spacial score (nSPS) is 13.5. The molecule has 0 spiro atoms. The topological polar surface area (TPSA) is 91.9 Å². The first-order chi connectivity index (χ1) is 8.67. The second-order valence-corrected chi connectivity index (χ2v) is 7.54. The number of H-pyrrole nitrogens is 1. The number of carbonyl (C=O) groups excluding carboxylic acids is 1. The molecule has 0 aromatic carbocycles. The first kappa shape index (κ1) is 15.7. The van der Waals surface area contributed by atoms with Gasteiger partial charge in [0.25, 0.3) is 0 Å². The minimum absolute atomic E-state index is 0.165. The van der Waals surface area contributed by atoms with Crippen molar-refractivity contribution < 1.29 is 13.2 Å². The van der Waals surface area contributed by atoms with E-state index in [1.807, 2.05) is 0 Å². The predicted octanol–water partition coefficient (Wildman–Crippen LogP) is 1.23. The number of hydrogen-bond acceptors (Lipinski definition) is 4. The quantitative estimate of drug-likeness (QED) is 0.823. The third-order valence-electron chi connectivity index (χ3n) is 2.51. The van der Waals surface area contributed by atoms with E-state index in [1.165, 1.54) is 0 Å². The molecule has 0 aliphatic rings. The second kappa shape index (κ2) is 6.18. The van der Waals surface area contributed by atoms with Crippen LogP contribution < -0.4 is 5.32 Å². The van der Waals surface area contributed by atoms with E-state index in [9.17, 15) is 13.2 Å². The molecule has 0 radical (unpaired) electrons. The van der Waals surface area contributed by atoms with Gasteiger partial charge in [0, 0.05) is 23.9 Å². The predicted molar refractivity (Wildman–Crippen MR) is 74.6 cm³/mol. The molecule has 1 atom stereocenters. The van der Waals surface area contributed by atoms with Gasteiger partial charge in [0.1, 0.15) is 9.84 Å². The average Bonchev–Trinajstić information content (AvgIpc) is 2.61. The van der Waals surface area contributed by atoms with Gasteiger partial charge in [0.15, 0.2) is 5.82 Å². The summed E-state index contributed by atoms with van der Waals surface area (Å²) in [6, 6.07) is 1.77. The van der Waals surface area contributed by atoms with E-state index < -0.39 is 15.8 Å². The number of nitrogens with zero attached hydrogens (tertiary/aromatic N) is 1. The van der Waals surface area contributed by atoms with Crippen LogP contribution in [0.25, 0.3) is 0 Å². The molecular weight excluding hydrogens is 266 g/mol. The largest absolute Gasteiger partial charge is 0.309 e. The summed E-state index contributed by atoms with van der Waals surface area (Å²) in [4.78, 5) is 11.8. The molecular formula is C12H21N3O3S. The van der Waals surface area contributed by atoms with Crippen LogP contribution in [0.2, 0.25) is 0 Å². The Morgan fingerprint density at radius 1 is 1.42 bits per heavy atom. The van der Waals surface area contributed by atoms with Crippen LogP contribution in [0.15, 0.2) is 6.07 Å². The van der Waals surface area contributed by atoms with Crippen molar-refractivity contribution >= 4 is 21.6 Å². The molecule has 0 aliphatic carbocycles. The zero-order valence-electron chi connectivity index (χ0n) is 11.7. The van der Waals surface area contributed by atoms with Gasteiger partial charge in [0.05, 0.1) is 5.75 Å². The number of hydrogen-bond donors (Lipinski definition) is 2. The number of carbonyl (C=O) groups is 1. The molecule has 0 saturated heterocycles. The van der Waals surface area contributed by atoms with Crippen molar-refractivity contribution in [3.05, 3.63) is 11.8 Å². The van der Waals surface area contributed by atoms with Crippen LogP contribution in [0, 0.1) is 11.8 Å². The molecule has 0 bridgehead atoms. The standard InChI is InChI=1S/C12H21N3O3S/c1-8(2)5-10-6-11(15-14-10)13-12(16)9(3)7-19(4,17)18/h6,8-9H,5,7H2,1-4H3,(H2,13,14,15,16)/t9-/m0/s1. The highest BCUT2D eigenvalue weighted by Gasteiger charge is 2.19. The molecule has 0 saturated carbocycles. The van der Waals surface area contributed by atoms with E-state index >= 15 is 0 Å². The minimum Gasteiger partial charge on any atom is -0.309 e. The lowest BCUT2D eigenvalue weighted by Crippen LogP contribution is -2.26. The fourth-order valence-corrected chi connectivity index (χ4v) is 2.81. The van der Waals surface area contributed by atoms with Gasteiger partial charge in [0.2, 0.25) is 5.91 Å². The molecule has 1 aromatic rings. The molecule has 2 N–H and O–H groups in total. The molecule has 0 aliphatic heterocycles. The van der Waals surface area contributed by atoms with Crippen molar-refractivity contribution in [2.45, 2.75) is 27.2 Å². The molecule has 19 heavy (non-hydrogen) atoms. The number of aromatic nitrogens is 2. The van der Waals surface area contributed by atoms with Crippen LogP contribution in [0.4, 0.5) is 5.82 Å². The lowest BCUT2D eigenvalue weighted by Gasteiger charge is -2.08. The van der Waals surface area contributed by atoms with Crippen molar-refractivity contribution in [1.82, 2.24) is 10.2 Å². The number of rotatable bonds is 6. The Hall–Kier alpha value is -1.37. The molecule has 0 fully saturated rings. The first-order valence-corrected chi connectivity index (χ1v) is 8.26. The Morgan fingerprint density at radius 2 is 2.05 bits per heavy atom. The lowest BCUT2D eigenvalue weighted by molar-refractivity contribution is -0.118. The Kier molecular flexibility index (Phi) is 5.11. The number of sulfone groups is 1. The smallest absolute Gasteiger partial charge is 0.229 e. The summed E-state index contributed by atoms with van der Waals surface area (Å²) in [5.41, 5.74) is 0.945. The van der Waals surface area contributed by atoms with Crippen LogP contribution in [0.3, 0.4) is 0 Å². The first-order valence-electron chi connectivity index (χ1n) is 6.20. The van der Waals surface area contributed by atoms with Gasteiger partial charge in [-0.05, 0) is 12.3 Å². The van der Waals surface area contributed by atoms with Gasteiger partial charge in [-0.2, -0.15) is 5.10 Å². The summed E-state index contributed by atoms with van der Waals surface area (Å²) in [5, 5.41) is 9.44. The van der Waals surface area contributed by atoms with Crippen molar-refractivity contribution in [3.8, 4) is 0 Å². The van der Waals surface area contributed by atoms with E-state index in [4.69, 9.17) is 0 Å².